The number of nitrogens with zero attached hydrogens (tertiary/aromatic N) is 3. The van der Waals surface area contributed by atoms with E-state index in [1.807, 2.05) is 42.5 Å². The van der Waals surface area contributed by atoms with Gasteiger partial charge >= 0.3 is 0 Å². The number of carbonyl (C=O) groups excluding carboxylic acids is 1. The standard InChI is InChI=1S/C22H24N4O2/c27-20-16-26(19-6-2-1-3-7-19)24-21(20)22(28)23-14-17-8-10-18(11-9-17)15-25-12-4-5-13-25/h1-3,6-11,16,27H,4-5,12-15H2,(H,23,28). The number of para-hydroxylation sites is 1. The highest BCUT2D eigenvalue weighted by Crippen LogP contribution is 2.18. The SMILES string of the molecule is O=C(NCc1ccc(CN2CCCC2)cc1)c1nn(-c2ccccc2)cc1O. The van der Waals surface area contributed by atoms with E-state index in [1.165, 1.54) is 42.4 Å². The van der Waals surface area contributed by atoms with Crippen molar-refractivity contribution in [2.45, 2.75) is 25.9 Å². The molecule has 1 aliphatic heterocycles. The lowest BCUT2D eigenvalue weighted by atomic mass is 10.1. The minimum absolute atomic E-state index is 0.0227. The van der Waals surface area contributed by atoms with Crippen LogP contribution in [0.1, 0.15) is 34.5 Å². The average Bonchev–Trinajstić information content (AvgIpc) is 3.37. The maximum Gasteiger partial charge on any atom is 0.275 e. The maximum atomic E-state index is 12.4. The van der Waals surface area contributed by atoms with Crippen LogP contribution in [0.5, 0.6) is 5.75 Å². The summed E-state index contributed by atoms with van der Waals surface area (Å²) < 4.78 is 1.50. The summed E-state index contributed by atoms with van der Waals surface area (Å²) >= 11 is 0. The van der Waals surface area contributed by atoms with E-state index in [4.69, 9.17) is 0 Å². The van der Waals surface area contributed by atoms with Crippen LogP contribution in [0.15, 0.2) is 60.8 Å². The number of hydrogen-bond acceptors (Lipinski definition) is 4. The maximum absolute atomic E-state index is 12.4. The van der Waals surface area contributed by atoms with E-state index < -0.39 is 5.91 Å². The number of carbonyl (C=O) groups is 1. The van der Waals surface area contributed by atoms with Crippen molar-refractivity contribution < 1.29 is 9.90 Å². The Morgan fingerprint density at radius 3 is 2.39 bits per heavy atom. The molecule has 0 bridgehead atoms. The van der Waals surface area contributed by atoms with Crippen molar-refractivity contribution in [1.29, 1.82) is 0 Å². The van der Waals surface area contributed by atoms with Crippen LogP contribution < -0.4 is 5.32 Å². The molecule has 144 valence electrons. The molecular formula is C22H24N4O2. The predicted octanol–water partition coefficient (Wildman–Crippen LogP) is 3.10. The van der Waals surface area contributed by atoms with Gasteiger partial charge < -0.3 is 10.4 Å². The van der Waals surface area contributed by atoms with Gasteiger partial charge in [-0.1, -0.05) is 42.5 Å². The minimum Gasteiger partial charge on any atom is -0.504 e. The van der Waals surface area contributed by atoms with Crippen LogP contribution in [0.2, 0.25) is 0 Å². The fourth-order valence-electron chi connectivity index (χ4n) is 3.47. The first-order valence-corrected chi connectivity index (χ1v) is 9.61. The number of aromatic nitrogens is 2. The molecule has 0 radical (unpaired) electrons. The lowest BCUT2D eigenvalue weighted by molar-refractivity contribution is 0.0943. The van der Waals surface area contributed by atoms with Crippen molar-refractivity contribution in [3.8, 4) is 11.4 Å². The Kier molecular flexibility index (Phi) is 5.39. The topological polar surface area (TPSA) is 70.4 Å². The number of hydrogen-bond donors (Lipinski definition) is 2. The summed E-state index contributed by atoms with van der Waals surface area (Å²) in [6.45, 7) is 3.73. The molecule has 0 saturated carbocycles. The van der Waals surface area contributed by atoms with Gasteiger partial charge in [-0.15, -0.1) is 0 Å². The Morgan fingerprint density at radius 1 is 1.00 bits per heavy atom. The third-order valence-electron chi connectivity index (χ3n) is 5.01. The van der Waals surface area contributed by atoms with Crippen molar-refractivity contribution in [2.24, 2.45) is 0 Å². The molecule has 2 N–H and O–H groups in total. The quantitative estimate of drug-likeness (QED) is 0.694. The van der Waals surface area contributed by atoms with Gasteiger partial charge in [0.15, 0.2) is 11.4 Å². The smallest absolute Gasteiger partial charge is 0.275 e. The van der Waals surface area contributed by atoms with Gasteiger partial charge in [-0.25, -0.2) is 4.68 Å². The number of rotatable bonds is 6. The van der Waals surface area contributed by atoms with E-state index in [9.17, 15) is 9.90 Å². The molecule has 1 saturated heterocycles. The summed E-state index contributed by atoms with van der Waals surface area (Å²) in [5, 5.41) is 17.1. The number of amides is 1. The van der Waals surface area contributed by atoms with Crippen molar-refractivity contribution in [3.63, 3.8) is 0 Å². The highest BCUT2D eigenvalue weighted by Gasteiger charge is 2.17. The molecule has 0 unspecified atom stereocenters. The molecular weight excluding hydrogens is 352 g/mol. The lowest BCUT2D eigenvalue weighted by Crippen LogP contribution is -2.23. The molecule has 1 aromatic heterocycles. The summed E-state index contributed by atoms with van der Waals surface area (Å²) in [6, 6.07) is 17.7. The minimum atomic E-state index is -0.395. The van der Waals surface area contributed by atoms with Crippen LogP contribution in [-0.4, -0.2) is 38.8 Å². The summed E-state index contributed by atoms with van der Waals surface area (Å²) in [6.07, 6.45) is 4.02. The number of benzene rings is 2. The highest BCUT2D eigenvalue weighted by atomic mass is 16.3. The first-order chi connectivity index (χ1) is 13.7. The number of aromatic hydroxyl groups is 1. The zero-order valence-corrected chi connectivity index (χ0v) is 15.7. The van der Waals surface area contributed by atoms with Crippen molar-refractivity contribution in [3.05, 3.63) is 77.6 Å². The van der Waals surface area contributed by atoms with Crippen molar-refractivity contribution in [2.75, 3.05) is 13.1 Å². The van der Waals surface area contributed by atoms with Gasteiger partial charge in [-0.2, -0.15) is 5.10 Å². The molecule has 0 aliphatic carbocycles. The zero-order valence-electron chi connectivity index (χ0n) is 15.7. The van der Waals surface area contributed by atoms with E-state index in [1.54, 1.807) is 0 Å². The molecule has 3 aromatic rings. The molecule has 4 rings (SSSR count). The highest BCUT2D eigenvalue weighted by molar-refractivity contribution is 5.94. The second-order valence-electron chi connectivity index (χ2n) is 7.13. The van der Waals surface area contributed by atoms with Gasteiger partial charge in [-0.3, -0.25) is 9.69 Å². The largest absolute Gasteiger partial charge is 0.504 e. The molecule has 0 spiro atoms. The van der Waals surface area contributed by atoms with Gasteiger partial charge in [0.05, 0.1) is 11.9 Å². The molecule has 0 atom stereocenters. The first-order valence-electron chi connectivity index (χ1n) is 9.61. The third-order valence-corrected chi connectivity index (χ3v) is 5.01. The first kappa shape index (κ1) is 18.3. The van der Waals surface area contributed by atoms with E-state index in [0.717, 1.165) is 17.8 Å². The number of nitrogens with one attached hydrogen (secondary N) is 1. The summed E-state index contributed by atoms with van der Waals surface area (Å²) in [5.74, 6) is -0.532. The summed E-state index contributed by atoms with van der Waals surface area (Å²) in [5.41, 5.74) is 3.11. The van der Waals surface area contributed by atoms with E-state index in [-0.39, 0.29) is 11.4 Å². The average molecular weight is 376 g/mol. The van der Waals surface area contributed by atoms with Gasteiger partial charge in [0.2, 0.25) is 0 Å². The Hall–Kier alpha value is -3.12. The second-order valence-corrected chi connectivity index (χ2v) is 7.13. The second kappa shape index (κ2) is 8.27. The van der Waals surface area contributed by atoms with E-state index in [2.05, 4.69) is 27.4 Å². The predicted molar refractivity (Wildman–Crippen MR) is 107 cm³/mol. The molecule has 1 amide bonds. The van der Waals surface area contributed by atoms with Crippen molar-refractivity contribution in [1.82, 2.24) is 20.0 Å². The van der Waals surface area contributed by atoms with Crippen LogP contribution in [-0.2, 0) is 13.1 Å². The van der Waals surface area contributed by atoms with Crippen LogP contribution >= 0.6 is 0 Å². The molecule has 6 heteroatoms. The molecule has 1 aliphatic rings. The summed E-state index contributed by atoms with van der Waals surface area (Å²) in [4.78, 5) is 14.9. The Bertz CT molecular complexity index is 929. The van der Waals surface area contributed by atoms with Gasteiger partial charge in [-0.05, 0) is 49.2 Å². The third kappa shape index (κ3) is 4.23. The Morgan fingerprint density at radius 2 is 1.68 bits per heavy atom. The van der Waals surface area contributed by atoms with Gasteiger partial charge in [0, 0.05) is 13.1 Å². The molecule has 2 heterocycles. The number of likely N-dealkylation sites (tertiary alicyclic amines) is 1. The van der Waals surface area contributed by atoms with Crippen LogP contribution in [0.25, 0.3) is 5.69 Å². The normalized spacial score (nSPS) is 14.3. The Labute approximate surface area is 164 Å². The molecule has 6 nitrogen and oxygen atoms in total. The summed E-state index contributed by atoms with van der Waals surface area (Å²) in [7, 11) is 0. The van der Waals surface area contributed by atoms with E-state index >= 15 is 0 Å². The van der Waals surface area contributed by atoms with Gasteiger partial charge in [0.1, 0.15) is 0 Å². The van der Waals surface area contributed by atoms with Gasteiger partial charge in [0.25, 0.3) is 5.91 Å². The zero-order chi connectivity index (χ0) is 19.3. The van der Waals surface area contributed by atoms with Crippen molar-refractivity contribution >= 4 is 5.91 Å². The lowest BCUT2D eigenvalue weighted by Gasteiger charge is -2.14. The van der Waals surface area contributed by atoms with Crippen LogP contribution in [0, 0.1) is 0 Å². The van der Waals surface area contributed by atoms with E-state index in [0.29, 0.717) is 6.54 Å². The fraction of sp³-hybridized carbons (Fsp3) is 0.273. The molecule has 1 fully saturated rings. The molecule has 28 heavy (non-hydrogen) atoms. The Balaban J connectivity index is 1.36. The monoisotopic (exact) mass is 376 g/mol. The van der Waals surface area contributed by atoms with Crippen LogP contribution in [0.3, 0.4) is 0 Å². The molecule has 2 aromatic carbocycles. The van der Waals surface area contributed by atoms with Crippen LogP contribution in [0.4, 0.5) is 0 Å². The fourth-order valence-corrected chi connectivity index (χ4v) is 3.47.